The van der Waals surface area contributed by atoms with E-state index >= 15 is 4.39 Å². The van der Waals surface area contributed by atoms with Gasteiger partial charge in [-0.3, -0.25) is 0 Å². The monoisotopic (exact) mass is 444 g/mol. The summed E-state index contributed by atoms with van der Waals surface area (Å²) >= 11 is 0. The minimum absolute atomic E-state index is 0.228. The highest BCUT2D eigenvalue weighted by atomic mass is 19.2. The first-order valence-electron chi connectivity index (χ1n) is 10.9. The van der Waals surface area contributed by atoms with E-state index in [4.69, 9.17) is 14.2 Å². The molecule has 32 heavy (non-hydrogen) atoms. The molecule has 0 unspecified atom stereocenters. The fraction of sp³-hybridized carbons (Fsp3) is 0.385. The molecule has 1 heterocycles. The summed E-state index contributed by atoms with van der Waals surface area (Å²) in [7, 11) is 1.67. The molecular weight excluding hydrogens is 417 g/mol. The molecule has 0 aliphatic carbocycles. The number of aryl methyl sites for hydroxylation is 3. The summed E-state index contributed by atoms with van der Waals surface area (Å²) in [6.07, 6.45) is 2.13. The highest BCUT2D eigenvalue weighted by molar-refractivity contribution is 5.84. The second-order valence-corrected chi connectivity index (χ2v) is 8.30. The van der Waals surface area contributed by atoms with Crippen molar-refractivity contribution in [2.45, 2.75) is 32.0 Å². The molecule has 0 aromatic heterocycles. The fourth-order valence-corrected chi connectivity index (χ4v) is 4.08. The third-order valence-corrected chi connectivity index (χ3v) is 5.87. The Hall–Kier alpha value is -2.41. The van der Waals surface area contributed by atoms with Gasteiger partial charge in [-0.15, -0.1) is 0 Å². The molecule has 1 aliphatic rings. The minimum atomic E-state index is -0.882. The lowest BCUT2D eigenvalue weighted by atomic mass is 9.98. The third kappa shape index (κ3) is 5.49. The van der Waals surface area contributed by atoms with Crippen LogP contribution in [-0.2, 0) is 33.5 Å². The summed E-state index contributed by atoms with van der Waals surface area (Å²) in [6, 6.07) is 13.2. The molecule has 3 nitrogen and oxygen atoms in total. The molecule has 170 valence electrons. The summed E-state index contributed by atoms with van der Waals surface area (Å²) < 4.78 is 58.2. The summed E-state index contributed by atoms with van der Waals surface area (Å²) in [6.45, 7) is 1.90. The smallest absolute Gasteiger partial charge is 0.159 e. The van der Waals surface area contributed by atoms with E-state index in [0.717, 1.165) is 35.9 Å². The summed E-state index contributed by atoms with van der Waals surface area (Å²) in [5.41, 5.74) is 2.29. The number of ether oxygens (including phenoxy) is 3. The number of rotatable bonds is 8. The minimum Gasteiger partial charge on any atom is -0.384 e. The number of halogens is 3. The largest absolute Gasteiger partial charge is 0.384 e. The van der Waals surface area contributed by atoms with Gasteiger partial charge < -0.3 is 14.2 Å². The second-order valence-electron chi connectivity index (χ2n) is 8.30. The molecule has 6 heteroatoms. The van der Waals surface area contributed by atoms with Gasteiger partial charge >= 0.3 is 0 Å². The lowest BCUT2D eigenvalue weighted by molar-refractivity contribution is -0.208. The number of methoxy groups -OCH3 is 1. The maximum atomic E-state index is 15.0. The summed E-state index contributed by atoms with van der Waals surface area (Å²) in [4.78, 5) is 0. The van der Waals surface area contributed by atoms with Crippen molar-refractivity contribution in [3.05, 3.63) is 82.7 Å². The van der Waals surface area contributed by atoms with Crippen molar-refractivity contribution >= 4 is 10.8 Å². The van der Waals surface area contributed by atoms with Crippen molar-refractivity contribution in [2.24, 2.45) is 5.92 Å². The Morgan fingerprint density at radius 2 is 1.59 bits per heavy atom. The van der Waals surface area contributed by atoms with Crippen LogP contribution in [0, 0.1) is 23.4 Å². The molecule has 3 aromatic rings. The van der Waals surface area contributed by atoms with Gasteiger partial charge in [0.15, 0.2) is 17.9 Å². The van der Waals surface area contributed by atoms with Crippen LogP contribution in [0.5, 0.6) is 0 Å². The SMILES string of the molecule is COCC1COC(CCc2ccc3c(F)c(CCc4ccc(F)c(F)c4)ccc3c2)OC1. The zero-order chi connectivity index (χ0) is 22.5. The average Bonchev–Trinajstić information content (AvgIpc) is 2.80. The predicted molar refractivity (Wildman–Crippen MR) is 117 cm³/mol. The molecule has 0 saturated carbocycles. The molecule has 0 amide bonds. The van der Waals surface area contributed by atoms with Crippen molar-refractivity contribution in [1.29, 1.82) is 0 Å². The first kappa shape index (κ1) is 22.8. The normalized spacial score (nSPS) is 18.9. The Morgan fingerprint density at radius 1 is 0.844 bits per heavy atom. The Balaban J connectivity index is 1.37. The van der Waals surface area contributed by atoms with Crippen molar-refractivity contribution in [1.82, 2.24) is 0 Å². The summed E-state index contributed by atoms with van der Waals surface area (Å²) in [5, 5.41) is 1.39. The predicted octanol–water partition coefficient (Wildman–Crippen LogP) is 5.61. The van der Waals surface area contributed by atoms with Gasteiger partial charge in [0.1, 0.15) is 5.82 Å². The van der Waals surface area contributed by atoms with E-state index in [-0.39, 0.29) is 18.0 Å². The molecule has 4 rings (SSSR count). The van der Waals surface area contributed by atoms with Crippen LogP contribution in [0.15, 0.2) is 48.5 Å². The van der Waals surface area contributed by atoms with Crippen molar-refractivity contribution < 1.29 is 27.4 Å². The standard InChI is InChI=1S/C26H27F3O3/c1-30-14-19-15-31-25(32-16-19)11-5-17-3-9-22-21(12-17)8-7-20(26(22)29)6-2-18-4-10-23(27)24(28)13-18/h3-4,7-10,12-13,19,25H,2,5-6,11,14-16H2,1H3. The summed E-state index contributed by atoms with van der Waals surface area (Å²) in [5.74, 6) is -1.75. The highest BCUT2D eigenvalue weighted by Gasteiger charge is 2.22. The van der Waals surface area contributed by atoms with E-state index in [0.29, 0.717) is 49.2 Å². The van der Waals surface area contributed by atoms with Gasteiger partial charge in [0.05, 0.1) is 19.8 Å². The molecular formula is C26H27F3O3. The highest BCUT2D eigenvalue weighted by Crippen LogP contribution is 2.25. The van der Waals surface area contributed by atoms with E-state index in [1.807, 2.05) is 18.2 Å². The Morgan fingerprint density at radius 3 is 2.34 bits per heavy atom. The molecule has 3 aromatic carbocycles. The van der Waals surface area contributed by atoms with E-state index in [2.05, 4.69) is 0 Å². The van der Waals surface area contributed by atoms with Crippen LogP contribution in [0.25, 0.3) is 10.8 Å². The number of benzene rings is 3. The first-order chi connectivity index (χ1) is 15.5. The molecule has 1 aliphatic heterocycles. The third-order valence-electron chi connectivity index (χ3n) is 5.87. The lowest BCUT2D eigenvalue weighted by Gasteiger charge is -2.29. The van der Waals surface area contributed by atoms with Crippen molar-refractivity contribution in [3.8, 4) is 0 Å². The molecule has 0 spiro atoms. The van der Waals surface area contributed by atoms with E-state index in [1.54, 1.807) is 19.2 Å². The van der Waals surface area contributed by atoms with E-state index in [1.165, 1.54) is 6.07 Å². The van der Waals surface area contributed by atoms with Gasteiger partial charge in [0.25, 0.3) is 0 Å². The van der Waals surface area contributed by atoms with Crippen LogP contribution < -0.4 is 0 Å². The maximum absolute atomic E-state index is 15.0. The molecule has 0 atom stereocenters. The van der Waals surface area contributed by atoms with Gasteiger partial charge in [-0.25, -0.2) is 13.2 Å². The zero-order valence-electron chi connectivity index (χ0n) is 18.1. The molecule has 0 N–H and O–H groups in total. The van der Waals surface area contributed by atoms with Gasteiger partial charge in [-0.2, -0.15) is 0 Å². The number of hydrogen-bond acceptors (Lipinski definition) is 3. The Kier molecular flexibility index (Phi) is 7.45. The second kappa shape index (κ2) is 10.5. The van der Waals surface area contributed by atoms with E-state index < -0.39 is 11.6 Å². The number of hydrogen-bond donors (Lipinski definition) is 0. The molecule has 0 bridgehead atoms. The van der Waals surface area contributed by atoms with Crippen LogP contribution in [0.3, 0.4) is 0 Å². The van der Waals surface area contributed by atoms with Gasteiger partial charge in [-0.05, 0) is 53.5 Å². The van der Waals surface area contributed by atoms with E-state index in [9.17, 15) is 8.78 Å². The maximum Gasteiger partial charge on any atom is 0.159 e. The molecule has 1 fully saturated rings. The van der Waals surface area contributed by atoms with Crippen LogP contribution in [0.1, 0.15) is 23.1 Å². The Bertz CT molecular complexity index is 1060. The molecule has 0 radical (unpaired) electrons. The molecule has 1 saturated heterocycles. The first-order valence-corrected chi connectivity index (χ1v) is 10.9. The average molecular weight is 444 g/mol. The van der Waals surface area contributed by atoms with Crippen molar-refractivity contribution in [2.75, 3.05) is 26.9 Å². The number of fused-ring (bicyclic) bond motifs is 1. The lowest BCUT2D eigenvalue weighted by Crippen LogP contribution is -2.34. The van der Waals surface area contributed by atoms with Crippen molar-refractivity contribution in [3.63, 3.8) is 0 Å². The zero-order valence-corrected chi connectivity index (χ0v) is 18.1. The fourth-order valence-electron chi connectivity index (χ4n) is 4.08. The van der Waals surface area contributed by atoms with Crippen LogP contribution in [-0.4, -0.2) is 33.2 Å². The van der Waals surface area contributed by atoms with Crippen LogP contribution >= 0.6 is 0 Å². The Labute approximate surface area is 186 Å². The van der Waals surface area contributed by atoms with Gasteiger partial charge in [-0.1, -0.05) is 36.4 Å². The van der Waals surface area contributed by atoms with Crippen LogP contribution in [0.4, 0.5) is 13.2 Å². The quantitative estimate of drug-likeness (QED) is 0.452. The topological polar surface area (TPSA) is 27.7 Å². The van der Waals surface area contributed by atoms with Crippen LogP contribution in [0.2, 0.25) is 0 Å². The van der Waals surface area contributed by atoms with Gasteiger partial charge in [0.2, 0.25) is 0 Å². The van der Waals surface area contributed by atoms with Gasteiger partial charge in [0, 0.05) is 24.8 Å².